The van der Waals surface area contributed by atoms with Crippen LogP contribution in [0.4, 0.5) is 5.69 Å². The number of amides is 2. The number of thiophene rings is 1. The van der Waals surface area contributed by atoms with E-state index in [1.54, 1.807) is 24.3 Å². The number of likely N-dealkylation sites (tertiary alicyclic amines) is 1. The molecule has 0 spiro atoms. The van der Waals surface area contributed by atoms with Crippen LogP contribution in [-0.4, -0.2) is 41.6 Å². The third kappa shape index (κ3) is 3.77. The van der Waals surface area contributed by atoms with Gasteiger partial charge < -0.3 is 15.1 Å². The normalized spacial score (nSPS) is 18.7. The first-order valence-electron chi connectivity index (χ1n) is 9.21. The largest absolute Gasteiger partial charge is 0.382 e. The molecule has 1 unspecified atom stereocenters. The average molecular weight is 418 g/mol. The summed E-state index contributed by atoms with van der Waals surface area (Å²) in [4.78, 5) is 33.5. The molecule has 2 aliphatic heterocycles. The van der Waals surface area contributed by atoms with Crippen LogP contribution in [0.1, 0.15) is 40.1 Å². The van der Waals surface area contributed by atoms with Gasteiger partial charge in [0.25, 0.3) is 11.8 Å². The lowest BCUT2D eigenvalue weighted by molar-refractivity contribution is -0.125. The van der Waals surface area contributed by atoms with Crippen molar-refractivity contribution in [3.63, 3.8) is 0 Å². The Morgan fingerprint density at radius 2 is 2.04 bits per heavy atom. The maximum Gasteiger partial charge on any atom is 0.268 e. The predicted molar refractivity (Wildman–Crippen MR) is 110 cm³/mol. The summed E-state index contributed by atoms with van der Waals surface area (Å²) < 4.78 is 0.667. The lowest BCUT2D eigenvalue weighted by Gasteiger charge is -2.18. The summed E-state index contributed by atoms with van der Waals surface area (Å²) in [6.45, 7) is 3.43. The second-order valence-corrected chi connectivity index (χ2v) is 8.62. The molecule has 1 saturated heterocycles. The number of hydrogen-bond acceptors (Lipinski definition) is 5. The number of nitrogens with zero attached hydrogens (tertiary/aromatic N) is 2. The first-order valence-corrected chi connectivity index (χ1v) is 10.4. The second kappa shape index (κ2) is 7.93. The molecule has 0 bridgehead atoms. The van der Waals surface area contributed by atoms with Crippen LogP contribution in [0.15, 0.2) is 35.5 Å². The number of oxime groups is 1. The molecule has 2 aromatic rings. The van der Waals surface area contributed by atoms with Gasteiger partial charge in [-0.3, -0.25) is 9.59 Å². The van der Waals surface area contributed by atoms with Gasteiger partial charge in [0.05, 0.1) is 9.21 Å². The minimum absolute atomic E-state index is 0.0170. The van der Waals surface area contributed by atoms with E-state index < -0.39 is 6.10 Å². The molecule has 0 radical (unpaired) electrons. The van der Waals surface area contributed by atoms with E-state index in [0.29, 0.717) is 27.7 Å². The highest BCUT2D eigenvalue weighted by atomic mass is 35.5. The number of halogens is 1. The van der Waals surface area contributed by atoms with Crippen molar-refractivity contribution in [2.75, 3.05) is 18.4 Å². The highest BCUT2D eigenvalue weighted by molar-refractivity contribution is 7.18. The molecule has 6 nitrogen and oxygen atoms in total. The van der Waals surface area contributed by atoms with E-state index in [2.05, 4.69) is 10.5 Å². The summed E-state index contributed by atoms with van der Waals surface area (Å²) in [6, 6.07) is 9.05. The molecular weight excluding hydrogens is 398 g/mol. The van der Waals surface area contributed by atoms with Crippen molar-refractivity contribution in [3.05, 3.63) is 50.7 Å². The molecule has 2 amide bonds. The number of hydrogen-bond donors (Lipinski definition) is 1. The predicted octanol–water partition coefficient (Wildman–Crippen LogP) is 4.08. The van der Waals surface area contributed by atoms with Crippen molar-refractivity contribution >= 4 is 46.2 Å². The smallest absolute Gasteiger partial charge is 0.268 e. The number of nitrogens with one attached hydrogen (secondary N) is 1. The summed E-state index contributed by atoms with van der Waals surface area (Å²) in [6.07, 6.45) is 1.76. The number of carbonyl (C=O) groups excluding carboxylic acids is 2. The quantitative estimate of drug-likeness (QED) is 0.814. The summed E-state index contributed by atoms with van der Waals surface area (Å²) in [5, 5.41) is 6.92. The van der Waals surface area contributed by atoms with Gasteiger partial charge in [-0.05, 0) is 49.6 Å². The minimum atomic E-state index is -0.701. The Morgan fingerprint density at radius 3 is 2.75 bits per heavy atom. The van der Waals surface area contributed by atoms with Gasteiger partial charge in [-0.2, -0.15) is 0 Å². The Morgan fingerprint density at radius 1 is 1.25 bits per heavy atom. The fourth-order valence-corrected chi connectivity index (χ4v) is 4.47. The minimum Gasteiger partial charge on any atom is -0.382 e. The molecule has 1 N–H and O–H groups in total. The molecule has 0 saturated carbocycles. The zero-order valence-corrected chi connectivity index (χ0v) is 17.0. The molecule has 4 rings (SSSR count). The van der Waals surface area contributed by atoms with Crippen molar-refractivity contribution < 1.29 is 14.4 Å². The van der Waals surface area contributed by atoms with Gasteiger partial charge in [-0.25, -0.2) is 0 Å². The lowest BCUT2D eigenvalue weighted by Crippen LogP contribution is -2.30. The molecule has 28 heavy (non-hydrogen) atoms. The van der Waals surface area contributed by atoms with Crippen LogP contribution in [0.2, 0.25) is 4.34 Å². The number of anilines is 1. The van der Waals surface area contributed by atoms with E-state index in [9.17, 15) is 9.59 Å². The Labute approximate surface area is 172 Å². The fraction of sp³-hybridized carbons (Fsp3) is 0.350. The van der Waals surface area contributed by atoms with Crippen LogP contribution in [0.3, 0.4) is 0 Å². The van der Waals surface area contributed by atoms with Crippen molar-refractivity contribution in [2.24, 2.45) is 5.16 Å². The van der Waals surface area contributed by atoms with E-state index in [-0.39, 0.29) is 11.8 Å². The molecule has 1 aromatic heterocycles. The van der Waals surface area contributed by atoms with Gasteiger partial charge in [0.1, 0.15) is 5.71 Å². The van der Waals surface area contributed by atoms with E-state index in [1.165, 1.54) is 11.3 Å². The Balaban J connectivity index is 1.44. The molecule has 8 heteroatoms. The van der Waals surface area contributed by atoms with Gasteiger partial charge in [0, 0.05) is 30.8 Å². The molecule has 146 valence electrons. The molecule has 3 heterocycles. The van der Waals surface area contributed by atoms with E-state index in [4.69, 9.17) is 16.4 Å². The fourth-order valence-electron chi connectivity index (χ4n) is 3.44. The second-order valence-electron chi connectivity index (χ2n) is 6.91. The highest BCUT2D eigenvalue weighted by Gasteiger charge is 2.30. The SMILES string of the molecule is Cc1c(NC(=O)C2CC(c3ccc(Cl)s3)=NO2)cccc1C(=O)N1CCCC1. The average Bonchev–Trinajstić information content (AvgIpc) is 3.44. The lowest BCUT2D eigenvalue weighted by atomic mass is 10.0. The van der Waals surface area contributed by atoms with Crippen LogP contribution >= 0.6 is 22.9 Å². The molecular formula is C20H20ClN3O3S. The van der Waals surface area contributed by atoms with E-state index in [1.807, 2.05) is 17.9 Å². The number of benzene rings is 1. The van der Waals surface area contributed by atoms with Crippen molar-refractivity contribution in [3.8, 4) is 0 Å². The van der Waals surface area contributed by atoms with Crippen LogP contribution in [0.25, 0.3) is 0 Å². The standard InChI is InChI=1S/C20H20ClN3O3S/c1-12-13(20(26)24-9-2-3-10-24)5-4-6-14(12)22-19(25)16-11-15(23-27-16)17-7-8-18(21)28-17/h4-8,16H,2-3,9-11H2,1H3,(H,22,25). The van der Waals surface area contributed by atoms with Crippen molar-refractivity contribution in [1.29, 1.82) is 0 Å². The number of rotatable bonds is 4. The third-order valence-corrected chi connectivity index (χ3v) is 6.31. The Bertz CT molecular complexity index is 950. The van der Waals surface area contributed by atoms with Crippen molar-refractivity contribution in [2.45, 2.75) is 32.3 Å². The maximum atomic E-state index is 12.7. The zero-order valence-electron chi connectivity index (χ0n) is 15.4. The van der Waals surface area contributed by atoms with Crippen LogP contribution in [0, 0.1) is 6.92 Å². The summed E-state index contributed by atoms with van der Waals surface area (Å²) in [7, 11) is 0. The highest BCUT2D eigenvalue weighted by Crippen LogP contribution is 2.27. The van der Waals surface area contributed by atoms with Crippen LogP contribution in [-0.2, 0) is 9.63 Å². The molecule has 1 fully saturated rings. The Kier molecular flexibility index (Phi) is 5.37. The van der Waals surface area contributed by atoms with Crippen molar-refractivity contribution in [1.82, 2.24) is 4.90 Å². The van der Waals surface area contributed by atoms with E-state index in [0.717, 1.165) is 36.4 Å². The van der Waals surface area contributed by atoms with Gasteiger partial charge in [-0.15, -0.1) is 11.3 Å². The van der Waals surface area contributed by atoms with Crippen LogP contribution < -0.4 is 5.32 Å². The monoisotopic (exact) mass is 417 g/mol. The van der Waals surface area contributed by atoms with Crippen LogP contribution in [0.5, 0.6) is 0 Å². The molecule has 2 aliphatic rings. The summed E-state index contributed by atoms with van der Waals surface area (Å²) in [5.41, 5.74) is 2.71. The number of carbonyl (C=O) groups is 2. The Hall–Kier alpha value is -2.38. The molecule has 1 atom stereocenters. The van der Waals surface area contributed by atoms with Gasteiger partial charge in [-0.1, -0.05) is 22.8 Å². The zero-order chi connectivity index (χ0) is 19.7. The van der Waals surface area contributed by atoms with Gasteiger partial charge in [0.2, 0.25) is 6.10 Å². The summed E-state index contributed by atoms with van der Waals surface area (Å²) >= 11 is 7.37. The van der Waals surface area contributed by atoms with E-state index >= 15 is 0 Å². The molecule has 1 aromatic carbocycles. The van der Waals surface area contributed by atoms with Gasteiger partial charge in [0.15, 0.2) is 0 Å². The summed E-state index contributed by atoms with van der Waals surface area (Å²) in [5.74, 6) is -0.265. The maximum absolute atomic E-state index is 12.7. The first-order chi connectivity index (χ1) is 13.5. The molecule has 0 aliphatic carbocycles. The first kappa shape index (κ1) is 19.0. The topological polar surface area (TPSA) is 71.0 Å². The van der Waals surface area contributed by atoms with Gasteiger partial charge >= 0.3 is 0 Å². The third-order valence-electron chi connectivity index (χ3n) is 5.03.